The van der Waals surface area contributed by atoms with Crippen LogP contribution in [-0.2, 0) is 22.6 Å². The number of hydrogen-bond donors (Lipinski definition) is 0. The second kappa shape index (κ2) is 11.3. The minimum Gasteiger partial charge on any atom is -0.450 e. The van der Waals surface area contributed by atoms with E-state index in [2.05, 4.69) is 10.2 Å². The molecule has 0 bridgehead atoms. The molecule has 4 heterocycles. The van der Waals surface area contributed by atoms with Gasteiger partial charge in [-0.05, 0) is 54.4 Å². The van der Waals surface area contributed by atoms with Gasteiger partial charge in [0.2, 0.25) is 10.9 Å². The summed E-state index contributed by atoms with van der Waals surface area (Å²) in [5.41, 5.74) is 1.48. The highest BCUT2D eigenvalue weighted by molar-refractivity contribution is 8.00. The van der Waals surface area contributed by atoms with Gasteiger partial charge in [-0.1, -0.05) is 106 Å². The topological polar surface area (TPSA) is 96.6 Å². The van der Waals surface area contributed by atoms with Crippen molar-refractivity contribution in [1.29, 1.82) is 0 Å². The number of aromatic nitrogens is 2. The summed E-state index contributed by atoms with van der Waals surface area (Å²) in [7, 11) is 0. The maximum Gasteiger partial charge on any atom is 0.297 e. The molecule has 2 aromatic heterocycles. The van der Waals surface area contributed by atoms with E-state index in [1.54, 1.807) is 47.4 Å². The normalized spacial score (nSPS) is 16.8. The predicted molar refractivity (Wildman–Crippen MR) is 185 cm³/mol. The van der Waals surface area contributed by atoms with Crippen molar-refractivity contribution in [2.75, 3.05) is 9.80 Å². The quantitative estimate of drug-likeness (QED) is 0.129. The minimum absolute atomic E-state index is 0.0368. The van der Waals surface area contributed by atoms with Crippen LogP contribution in [0.3, 0.4) is 0 Å². The molecule has 0 saturated carbocycles. The van der Waals surface area contributed by atoms with Gasteiger partial charge in [-0.15, -0.1) is 10.2 Å². The zero-order chi connectivity index (χ0) is 32.4. The number of amides is 2. The first kappa shape index (κ1) is 29.9. The lowest BCUT2D eigenvalue weighted by atomic mass is 9.84. The van der Waals surface area contributed by atoms with Gasteiger partial charge in [0.25, 0.3) is 11.8 Å². The molecule has 1 atom stereocenters. The third-order valence-corrected chi connectivity index (χ3v) is 11.2. The molecule has 6 aromatic rings. The van der Waals surface area contributed by atoms with Gasteiger partial charge in [-0.25, -0.2) is 0 Å². The number of para-hydroxylation sites is 1. The molecule has 0 fully saturated rings. The summed E-state index contributed by atoms with van der Waals surface area (Å²) in [5.74, 6) is -0.744. The van der Waals surface area contributed by atoms with Gasteiger partial charge < -0.3 is 9.32 Å². The lowest BCUT2D eigenvalue weighted by molar-refractivity contribution is -0.121. The molecule has 0 N–H and O–H groups in total. The van der Waals surface area contributed by atoms with Crippen LogP contribution in [0.25, 0.3) is 11.0 Å². The first-order chi connectivity index (χ1) is 22.8. The summed E-state index contributed by atoms with van der Waals surface area (Å²) >= 11 is 15.2. The summed E-state index contributed by atoms with van der Waals surface area (Å²) in [6.07, 6.45) is 0. The molecule has 12 heteroatoms. The van der Waals surface area contributed by atoms with Crippen LogP contribution in [0.2, 0.25) is 10.0 Å². The van der Waals surface area contributed by atoms with Crippen LogP contribution in [0, 0.1) is 6.92 Å². The summed E-state index contributed by atoms with van der Waals surface area (Å²) in [6, 6.07) is 27.1. The Morgan fingerprint density at radius 3 is 2.49 bits per heavy atom. The van der Waals surface area contributed by atoms with Crippen LogP contribution < -0.4 is 15.2 Å². The van der Waals surface area contributed by atoms with E-state index in [4.69, 9.17) is 27.6 Å². The molecule has 2 aliphatic heterocycles. The van der Waals surface area contributed by atoms with E-state index in [1.807, 2.05) is 55.5 Å². The zero-order valence-corrected chi connectivity index (χ0v) is 27.7. The van der Waals surface area contributed by atoms with E-state index in [0.717, 1.165) is 11.1 Å². The third kappa shape index (κ3) is 4.62. The standard InChI is InChI=1S/C35H22Cl2N4O4S2/c1-19-10-15-27-23(16-19)29(42)28-30(45-27)31(43)41(33-38-39-34(47-33)46-18-20-11-13-22(36)14-12-20)35(28)24-7-3-5-9-26(24)40(32(35)44)17-21-6-2-4-8-25(21)37/h2-16H,17-18H2,1H3. The van der Waals surface area contributed by atoms with Crippen molar-refractivity contribution in [3.63, 3.8) is 0 Å². The molecule has 2 aliphatic rings. The van der Waals surface area contributed by atoms with Crippen molar-refractivity contribution in [1.82, 2.24) is 10.2 Å². The first-order valence-electron chi connectivity index (χ1n) is 14.6. The Kier molecular flexibility index (Phi) is 7.21. The highest BCUT2D eigenvalue weighted by Crippen LogP contribution is 2.55. The minimum atomic E-state index is -1.89. The highest BCUT2D eigenvalue weighted by atomic mass is 35.5. The lowest BCUT2D eigenvalue weighted by Gasteiger charge is -2.32. The largest absolute Gasteiger partial charge is 0.450 e. The number of fused-ring (bicyclic) bond motifs is 5. The summed E-state index contributed by atoms with van der Waals surface area (Å²) in [6.45, 7) is 1.98. The van der Waals surface area contributed by atoms with Crippen LogP contribution in [0.1, 0.15) is 38.4 Å². The molecule has 0 radical (unpaired) electrons. The van der Waals surface area contributed by atoms with Crippen LogP contribution in [0.4, 0.5) is 10.8 Å². The van der Waals surface area contributed by atoms with Crippen molar-refractivity contribution in [2.24, 2.45) is 0 Å². The number of thioether (sulfide) groups is 1. The first-order valence-corrected chi connectivity index (χ1v) is 17.1. The number of carbonyl (C=O) groups is 2. The Labute approximate surface area is 286 Å². The fourth-order valence-corrected chi connectivity index (χ4v) is 8.48. The van der Waals surface area contributed by atoms with Gasteiger partial charge >= 0.3 is 0 Å². The molecule has 1 unspecified atom stereocenters. The maximum absolute atomic E-state index is 15.1. The fraction of sp³-hybridized carbons (Fsp3) is 0.114. The van der Waals surface area contributed by atoms with Gasteiger partial charge in [0.05, 0.1) is 23.2 Å². The number of anilines is 2. The number of rotatable bonds is 6. The van der Waals surface area contributed by atoms with Crippen molar-refractivity contribution >= 4 is 79.9 Å². The van der Waals surface area contributed by atoms with Gasteiger partial charge in [-0.3, -0.25) is 19.3 Å². The number of benzene rings is 4. The molecular formula is C35H22Cl2N4O4S2. The molecule has 1 spiro atoms. The number of nitrogens with zero attached hydrogens (tertiary/aromatic N) is 4. The van der Waals surface area contributed by atoms with Crippen LogP contribution >= 0.6 is 46.3 Å². The van der Waals surface area contributed by atoms with E-state index >= 15 is 4.79 Å². The Morgan fingerprint density at radius 1 is 0.915 bits per heavy atom. The zero-order valence-electron chi connectivity index (χ0n) is 24.6. The molecule has 8 nitrogen and oxygen atoms in total. The van der Waals surface area contributed by atoms with Gasteiger partial charge in [0, 0.05) is 21.4 Å². The predicted octanol–water partition coefficient (Wildman–Crippen LogP) is 8.00. The van der Waals surface area contributed by atoms with E-state index in [0.29, 0.717) is 37.0 Å². The molecule has 0 saturated heterocycles. The van der Waals surface area contributed by atoms with Crippen molar-refractivity contribution in [3.05, 3.63) is 145 Å². The van der Waals surface area contributed by atoms with Gasteiger partial charge in [-0.2, -0.15) is 0 Å². The fourth-order valence-electron chi connectivity index (χ4n) is 6.31. The monoisotopic (exact) mass is 696 g/mol. The maximum atomic E-state index is 15.1. The van der Waals surface area contributed by atoms with Gasteiger partial charge in [0.1, 0.15) is 5.58 Å². The number of halogens is 2. The smallest absolute Gasteiger partial charge is 0.297 e. The second-order valence-corrected chi connectivity index (χ2v) is 14.3. The van der Waals surface area contributed by atoms with Crippen molar-refractivity contribution in [2.45, 2.75) is 29.1 Å². The molecule has 2 amide bonds. The van der Waals surface area contributed by atoms with Crippen LogP contribution in [0.15, 0.2) is 105 Å². The van der Waals surface area contributed by atoms with E-state index in [-0.39, 0.29) is 34.0 Å². The van der Waals surface area contributed by atoms with E-state index < -0.39 is 22.8 Å². The molecular weight excluding hydrogens is 675 g/mol. The molecule has 232 valence electrons. The summed E-state index contributed by atoms with van der Waals surface area (Å²) in [5, 5.41) is 10.4. The van der Waals surface area contributed by atoms with E-state index in [9.17, 15) is 9.59 Å². The number of hydrogen-bond acceptors (Lipinski definition) is 8. The second-order valence-electron chi connectivity index (χ2n) is 11.3. The molecule has 4 aromatic carbocycles. The molecule has 8 rings (SSSR count). The Bertz CT molecular complexity index is 2320. The molecule has 0 aliphatic carbocycles. The third-order valence-electron chi connectivity index (χ3n) is 8.43. The van der Waals surface area contributed by atoms with Crippen LogP contribution in [-0.4, -0.2) is 22.0 Å². The van der Waals surface area contributed by atoms with Crippen molar-refractivity contribution < 1.29 is 14.0 Å². The Balaban J connectivity index is 1.32. The average molecular weight is 698 g/mol. The summed E-state index contributed by atoms with van der Waals surface area (Å²) in [4.78, 5) is 47.1. The summed E-state index contributed by atoms with van der Waals surface area (Å²) < 4.78 is 6.79. The average Bonchev–Trinajstić information content (AvgIpc) is 3.71. The lowest BCUT2D eigenvalue weighted by Crippen LogP contribution is -2.53. The molecule has 47 heavy (non-hydrogen) atoms. The highest BCUT2D eigenvalue weighted by Gasteiger charge is 2.66. The Morgan fingerprint density at radius 2 is 1.68 bits per heavy atom. The van der Waals surface area contributed by atoms with E-state index in [1.165, 1.54) is 28.0 Å². The Hall–Kier alpha value is -4.48. The number of carbonyl (C=O) groups excluding carboxylic acids is 2. The number of aryl methyl sites for hydroxylation is 1. The SMILES string of the molecule is Cc1ccc2oc3c(c(=O)c2c1)C1(C(=O)N(Cc2ccccc2Cl)c2ccccc21)N(c1nnc(SCc2ccc(Cl)cc2)s1)C3=O. The van der Waals surface area contributed by atoms with Crippen LogP contribution in [0.5, 0.6) is 0 Å². The van der Waals surface area contributed by atoms with Crippen molar-refractivity contribution in [3.8, 4) is 0 Å². The van der Waals surface area contributed by atoms with Gasteiger partial charge in [0.15, 0.2) is 15.3 Å².